The Balaban J connectivity index is 2.63. The molecule has 5 heteroatoms. The van der Waals surface area contributed by atoms with Crippen LogP contribution in [0.4, 0.5) is 0 Å². The Morgan fingerprint density at radius 1 is 2.00 bits per heavy atom. The molecule has 9 heavy (non-hydrogen) atoms. The fourth-order valence-corrected chi connectivity index (χ4v) is 0.535. The van der Waals surface area contributed by atoms with Crippen LogP contribution in [0.15, 0.2) is 5.29 Å². The highest BCUT2D eigenvalue weighted by atomic mass is 16.6. The van der Waals surface area contributed by atoms with Crippen molar-refractivity contribution in [1.82, 2.24) is 5.01 Å². The molecule has 1 saturated heterocycles. The minimum Gasteiger partial charge on any atom is -0.366 e. The van der Waals surface area contributed by atoms with E-state index in [0.717, 1.165) is 0 Å². The second kappa shape index (κ2) is 2.75. The summed E-state index contributed by atoms with van der Waals surface area (Å²) >= 11 is 0. The highest BCUT2D eigenvalue weighted by molar-refractivity contribution is 4.58. The number of aliphatic hydroxyl groups is 1. The van der Waals surface area contributed by atoms with E-state index in [1.165, 1.54) is 0 Å². The van der Waals surface area contributed by atoms with Gasteiger partial charge in [0.1, 0.15) is 0 Å². The van der Waals surface area contributed by atoms with Crippen molar-refractivity contribution in [1.29, 1.82) is 0 Å². The van der Waals surface area contributed by atoms with E-state index >= 15 is 0 Å². The zero-order valence-electron chi connectivity index (χ0n) is 6.65. The number of ether oxygens (including phenoxy) is 1. The van der Waals surface area contributed by atoms with Crippen molar-refractivity contribution in [3.05, 3.63) is 4.91 Å². The van der Waals surface area contributed by atoms with Crippen LogP contribution in [0.1, 0.15) is 2.74 Å². The third kappa shape index (κ3) is 1.62. The molecule has 1 atom stereocenters. The van der Waals surface area contributed by atoms with Crippen LogP contribution >= 0.6 is 0 Å². The quantitative estimate of drug-likeness (QED) is 0.482. The van der Waals surface area contributed by atoms with Gasteiger partial charge in [-0.1, -0.05) is 0 Å². The van der Waals surface area contributed by atoms with Crippen molar-refractivity contribution < 1.29 is 12.6 Å². The van der Waals surface area contributed by atoms with E-state index in [0.29, 0.717) is 5.01 Å². The van der Waals surface area contributed by atoms with E-state index in [4.69, 9.17) is 7.85 Å². The molecule has 0 amide bonds. The molecular weight excluding hydrogens is 124 g/mol. The van der Waals surface area contributed by atoms with Gasteiger partial charge in [-0.2, -0.15) is 0 Å². The summed E-state index contributed by atoms with van der Waals surface area (Å²) in [4.78, 5) is 9.99. The van der Waals surface area contributed by atoms with Gasteiger partial charge in [0.2, 0.25) is 0 Å². The summed E-state index contributed by atoms with van der Waals surface area (Å²) in [5.41, 5.74) is 0. The van der Waals surface area contributed by atoms with Gasteiger partial charge in [-0.3, -0.25) is 5.01 Å². The smallest absolute Gasteiger partial charge is 0.174 e. The summed E-state index contributed by atoms with van der Waals surface area (Å²) in [5.74, 6) is 0. The molecule has 0 saturated carbocycles. The fourth-order valence-electron chi connectivity index (χ4n) is 0.535. The summed E-state index contributed by atoms with van der Waals surface area (Å²) in [6, 6.07) is 0. The van der Waals surface area contributed by atoms with Crippen LogP contribution in [-0.2, 0) is 4.74 Å². The zero-order chi connectivity index (χ0) is 8.48. The number of β-amino-alcohol motifs (C(OH)–C–C–N with tert-alkyl or cyclic N) is 1. The topological polar surface area (TPSA) is 62.1 Å². The van der Waals surface area contributed by atoms with Crippen LogP contribution < -0.4 is 0 Å². The van der Waals surface area contributed by atoms with E-state index in [1.54, 1.807) is 0 Å². The van der Waals surface area contributed by atoms with E-state index in [2.05, 4.69) is 10.0 Å². The molecule has 1 aliphatic heterocycles. The average Bonchev–Trinajstić information content (AvgIpc) is 1.94. The normalized spacial score (nSPS) is 37.0. The maximum Gasteiger partial charge on any atom is 0.174 e. The van der Waals surface area contributed by atoms with E-state index in [9.17, 15) is 4.91 Å². The molecule has 1 aliphatic rings. The van der Waals surface area contributed by atoms with Crippen molar-refractivity contribution in [3.8, 4) is 0 Å². The second-order valence-corrected chi connectivity index (χ2v) is 1.59. The molecule has 0 radical (unpaired) electrons. The molecule has 0 spiro atoms. The van der Waals surface area contributed by atoms with Gasteiger partial charge in [-0.05, 0) is 0 Å². The van der Waals surface area contributed by atoms with Gasteiger partial charge < -0.3 is 9.84 Å². The summed E-state index contributed by atoms with van der Waals surface area (Å²) < 4.78 is 18.8. The number of aliphatic hydroxyl groups excluding tert-OH is 1. The monoisotopic (exact) mass is 134 g/mol. The third-order valence-corrected chi connectivity index (χ3v) is 0.950. The molecule has 0 aromatic rings. The molecular formula is C4H8N2O3. The molecule has 1 N–H and O–H groups in total. The lowest BCUT2D eigenvalue weighted by Gasteiger charge is -2.24. The van der Waals surface area contributed by atoms with E-state index in [1.807, 2.05) is 0 Å². The maximum absolute atomic E-state index is 9.99. The van der Waals surface area contributed by atoms with Crippen LogP contribution in [0.2, 0.25) is 0 Å². The Labute approximate surface area is 55.0 Å². The van der Waals surface area contributed by atoms with Crippen LogP contribution in [0.25, 0.3) is 0 Å². The van der Waals surface area contributed by atoms with Gasteiger partial charge >= 0.3 is 0 Å². The molecule has 0 aliphatic carbocycles. The third-order valence-electron chi connectivity index (χ3n) is 0.950. The van der Waals surface area contributed by atoms with Crippen molar-refractivity contribution >= 4 is 0 Å². The van der Waals surface area contributed by atoms with Gasteiger partial charge in [0.05, 0.1) is 27.7 Å². The van der Waals surface area contributed by atoms with Gasteiger partial charge in [-0.25, -0.2) is 0 Å². The summed E-state index contributed by atoms with van der Waals surface area (Å²) in [6.07, 6.45) is -1.13. The molecule has 5 nitrogen and oxygen atoms in total. The van der Waals surface area contributed by atoms with Gasteiger partial charge in [0.25, 0.3) is 0 Å². The van der Waals surface area contributed by atoms with Crippen LogP contribution in [0.3, 0.4) is 0 Å². The second-order valence-electron chi connectivity index (χ2n) is 1.59. The Morgan fingerprint density at radius 3 is 3.33 bits per heavy atom. The first-order valence-electron chi connectivity index (χ1n) is 3.47. The number of morpholine rings is 1. The Morgan fingerprint density at radius 2 is 2.78 bits per heavy atom. The minimum absolute atomic E-state index is 0.226. The van der Waals surface area contributed by atoms with Crippen molar-refractivity contribution in [2.24, 2.45) is 5.29 Å². The average molecular weight is 134 g/mol. The first-order valence-corrected chi connectivity index (χ1v) is 2.47. The van der Waals surface area contributed by atoms with Crippen molar-refractivity contribution in [2.75, 3.05) is 19.6 Å². The Kier molecular flexibility index (Phi) is 1.28. The van der Waals surface area contributed by atoms with E-state index < -0.39 is 12.8 Å². The molecule has 1 heterocycles. The predicted octanol–water partition coefficient (Wildman–Crippen LogP) is -0.682. The fraction of sp³-hybridized carbons (Fsp3) is 1.00. The summed E-state index contributed by atoms with van der Waals surface area (Å²) in [7, 11) is 0. The first kappa shape index (κ1) is 4.19. The number of rotatable bonds is 1. The maximum atomic E-state index is 9.99. The molecule has 0 aromatic heterocycles. The van der Waals surface area contributed by atoms with Crippen LogP contribution in [0, 0.1) is 4.91 Å². The van der Waals surface area contributed by atoms with E-state index in [-0.39, 0.29) is 13.2 Å². The van der Waals surface area contributed by atoms with Crippen molar-refractivity contribution in [2.45, 2.75) is 6.29 Å². The van der Waals surface area contributed by atoms with Gasteiger partial charge in [0.15, 0.2) is 6.29 Å². The minimum atomic E-state index is -1.90. The largest absolute Gasteiger partial charge is 0.366 e. The SMILES string of the molecule is [2H]C1([2H])COC(O)CN1N=O. The van der Waals surface area contributed by atoms with Crippen LogP contribution in [-0.4, -0.2) is 36.1 Å². The summed E-state index contributed by atoms with van der Waals surface area (Å²) in [5, 5.41) is 11.9. The zero-order valence-corrected chi connectivity index (χ0v) is 4.65. The molecule has 1 fully saturated rings. The molecule has 0 bridgehead atoms. The standard InChI is InChI=1S/C4H8N2O3/c7-4-3-6(5-8)1-2-9-4/h4,7H,1-3H2/i1D2. The highest BCUT2D eigenvalue weighted by Gasteiger charge is 2.16. The van der Waals surface area contributed by atoms with Crippen LogP contribution in [0.5, 0.6) is 0 Å². The number of nitroso groups, excluding NO2 is 1. The number of hydrogen-bond acceptors (Lipinski definition) is 4. The molecule has 1 unspecified atom stereocenters. The van der Waals surface area contributed by atoms with Crippen molar-refractivity contribution in [3.63, 3.8) is 0 Å². The predicted molar refractivity (Wildman–Crippen MR) is 29.3 cm³/mol. The lowest BCUT2D eigenvalue weighted by Crippen LogP contribution is -2.38. The van der Waals surface area contributed by atoms with Gasteiger partial charge in [0, 0.05) is 0 Å². The molecule has 52 valence electrons. The first-order chi connectivity index (χ1) is 5.06. The number of nitrogens with zero attached hydrogens (tertiary/aromatic N) is 2. The highest BCUT2D eigenvalue weighted by Crippen LogP contribution is 2.00. The lowest BCUT2D eigenvalue weighted by molar-refractivity contribution is -0.146. The Hall–Kier alpha value is -0.680. The Bertz CT molecular complexity index is 165. The number of hydrogen-bond donors (Lipinski definition) is 1. The lowest BCUT2D eigenvalue weighted by atomic mass is 10.5. The summed E-state index contributed by atoms with van der Waals surface area (Å²) in [6.45, 7) is -2.47. The molecule has 0 aromatic carbocycles. The van der Waals surface area contributed by atoms with Gasteiger partial charge in [-0.15, -0.1) is 4.91 Å². The molecule has 1 rings (SSSR count).